The molecule has 94 valence electrons. The van der Waals surface area contributed by atoms with Crippen molar-refractivity contribution >= 4 is 35.0 Å². The number of benzene rings is 1. The summed E-state index contributed by atoms with van der Waals surface area (Å²) in [7, 11) is 0. The van der Waals surface area contributed by atoms with Gasteiger partial charge in [-0.1, -0.05) is 35.3 Å². The quantitative estimate of drug-likeness (QED) is 0.612. The highest BCUT2D eigenvalue weighted by Gasteiger charge is 2.14. The molecule has 0 fully saturated rings. The number of halogens is 2. The summed E-state index contributed by atoms with van der Waals surface area (Å²) in [6.45, 7) is 1.72. The van der Waals surface area contributed by atoms with E-state index in [9.17, 15) is 0 Å². The summed E-state index contributed by atoms with van der Waals surface area (Å²) in [6.07, 6.45) is 1.97. The Morgan fingerprint density at radius 2 is 1.72 bits per heavy atom. The van der Waals surface area contributed by atoms with E-state index in [1.807, 2.05) is 30.5 Å². The number of aryl methyl sites for hydroxylation is 1. The minimum atomic E-state index is 0.211. The summed E-state index contributed by atoms with van der Waals surface area (Å²) in [4.78, 5) is 9.04. The van der Waals surface area contributed by atoms with Gasteiger partial charge < -0.3 is 4.74 Å². The lowest BCUT2D eigenvalue weighted by molar-refractivity contribution is 0.466. The van der Waals surface area contributed by atoms with Crippen LogP contribution in [0, 0.1) is 6.92 Å². The molecule has 0 aliphatic carbocycles. The van der Waals surface area contributed by atoms with E-state index in [-0.39, 0.29) is 16.1 Å². The molecule has 0 saturated carbocycles. The van der Waals surface area contributed by atoms with Gasteiger partial charge in [0.05, 0.1) is 0 Å². The molecule has 0 saturated heterocycles. The zero-order valence-corrected chi connectivity index (χ0v) is 12.1. The Bertz CT molecular complexity index is 555. The van der Waals surface area contributed by atoms with Crippen molar-refractivity contribution < 1.29 is 4.74 Å². The highest BCUT2D eigenvalue weighted by molar-refractivity contribution is 7.98. The predicted molar refractivity (Wildman–Crippen MR) is 75.1 cm³/mol. The van der Waals surface area contributed by atoms with Gasteiger partial charge in [0.25, 0.3) is 0 Å². The largest absolute Gasteiger partial charge is 0.450 e. The zero-order valence-electron chi connectivity index (χ0n) is 9.78. The number of nitrogens with zero attached hydrogens (tertiary/aromatic N) is 2. The zero-order chi connectivity index (χ0) is 13.1. The van der Waals surface area contributed by atoms with Gasteiger partial charge in [-0.05, 0) is 25.3 Å². The first-order valence-corrected chi connectivity index (χ1v) is 7.10. The molecule has 0 unspecified atom stereocenters. The minimum absolute atomic E-state index is 0.211. The monoisotopic (exact) mass is 300 g/mol. The van der Waals surface area contributed by atoms with Crippen molar-refractivity contribution in [1.82, 2.24) is 9.97 Å². The average Bonchev–Trinajstić information content (AvgIpc) is 2.34. The Labute approximate surface area is 120 Å². The lowest BCUT2D eigenvalue weighted by atomic mass is 10.3. The second-order valence-corrected chi connectivity index (χ2v) is 5.00. The third kappa shape index (κ3) is 2.88. The van der Waals surface area contributed by atoms with E-state index >= 15 is 0 Å². The first-order valence-electron chi connectivity index (χ1n) is 5.12. The molecule has 2 aromatic rings. The van der Waals surface area contributed by atoms with Crippen LogP contribution in [0.3, 0.4) is 0 Å². The van der Waals surface area contributed by atoms with Crippen LogP contribution < -0.4 is 4.74 Å². The molecule has 0 spiro atoms. The van der Waals surface area contributed by atoms with Gasteiger partial charge in [-0.15, -0.1) is 11.8 Å². The molecule has 0 aliphatic heterocycles. The van der Waals surface area contributed by atoms with Crippen LogP contribution in [0.5, 0.6) is 11.5 Å². The number of aromatic nitrogens is 2. The van der Waals surface area contributed by atoms with Crippen LogP contribution in [0.2, 0.25) is 10.3 Å². The van der Waals surface area contributed by atoms with Crippen molar-refractivity contribution in [1.29, 1.82) is 0 Å². The van der Waals surface area contributed by atoms with Crippen LogP contribution in [0.25, 0.3) is 0 Å². The van der Waals surface area contributed by atoms with Crippen LogP contribution in [0.1, 0.15) is 5.82 Å². The van der Waals surface area contributed by atoms with E-state index in [1.165, 1.54) is 0 Å². The van der Waals surface area contributed by atoms with Crippen molar-refractivity contribution in [2.24, 2.45) is 0 Å². The molecular formula is C12H10Cl2N2OS. The smallest absolute Gasteiger partial charge is 0.202 e. The van der Waals surface area contributed by atoms with Gasteiger partial charge in [0, 0.05) is 4.90 Å². The highest BCUT2D eigenvalue weighted by Crippen LogP contribution is 2.37. The first kappa shape index (κ1) is 13.5. The lowest BCUT2D eigenvalue weighted by Gasteiger charge is -2.11. The van der Waals surface area contributed by atoms with E-state index in [2.05, 4.69) is 9.97 Å². The van der Waals surface area contributed by atoms with Gasteiger partial charge in [-0.3, -0.25) is 0 Å². The standard InChI is InChI=1S/C12H10Cl2N2OS/c1-7-15-11(13)10(12(14)16-7)17-8-5-3-4-6-9(8)18-2/h3-6H,1-2H3. The molecule has 1 aromatic heterocycles. The van der Waals surface area contributed by atoms with Gasteiger partial charge in [-0.25, -0.2) is 9.97 Å². The Morgan fingerprint density at radius 1 is 1.11 bits per heavy atom. The molecule has 0 amide bonds. The summed E-state index contributed by atoms with van der Waals surface area (Å²) in [5.74, 6) is 1.47. The fourth-order valence-electron chi connectivity index (χ4n) is 1.39. The fourth-order valence-corrected chi connectivity index (χ4v) is 2.47. The van der Waals surface area contributed by atoms with Crippen molar-refractivity contribution in [2.75, 3.05) is 6.26 Å². The number of para-hydroxylation sites is 1. The third-order valence-corrected chi connectivity index (χ3v) is 3.47. The van der Waals surface area contributed by atoms with E-state index in [0.717, 1.165) is 4.90 Å². The van der Waals surface area contributed by atoms with Gasteiger partial charge in [0.15, 0.2) is 10.3 Å². The van der Waals surface area contributed by atoms with Gasteiger partial charge in [-0.2, -0.15) is 0 Å². The number of ether oxygens (including phenoxy) is 1. The second-order valence-electron chi connectivity index (χ2n) is 3.43. The minimum Gasteiger partial charge on any atom is -0.450 e. The number of hydrogen-bond acceptors (Lipinski definition) is 4. The van der Waals surface area contributed by atoms with Gasteiger partial charge >= 0.3 is 0 Å². The highest BCUT2D eigenvalue weighted by atomic mass is 35.5. The molecule has 0 aliphatic rings. The van der Waals surface area contributed by atoms with Gasteiger partial charge in [0.1, 0.15) is 11.6 Å². The summed E-state index contributed by atoms with van der Waals surface area (Å²) in [6, 6.07) is 7.62. The average molecular weight is 301 g/mol. The molecule has 0 radical (unpaired) electrons. The Morgan fingerprint density at radius 3 is 2.33 bits per heavy atom. The summed E-state index contributed by atoms with van der Waals surface area (Å²) >= 11 is 13.6. The van der Waals surface area contributed by atoms with Crippen LogP contribution in [0.4, 0.5) is 0 Å². The molecule has 0 N–H and O–H groups in total. The van der Waals surface area contributed by atoms with E-state index < -0.39 is 0 Å². The van der Waals surface area contributed by atoms with Gasteiger partial charge in [0.2, 0.25) is 5.75 Å². The topological polar surface area (TPSA) is 35.0 Å². The lowest BCUT2D eigenvalue weighted by Crippen LogP contribution is -1.95. The summed E-state index contributed by atoms with van der Waals surface area (Å²) in [5.41, 5.74) is 0. The maximum atomic E-state index is 6.01. The SMILES string of the molecule is CSc1ccccc1Oc1c(Cl)nc(C)nc1Cl. The third-order valence-electron chi connectivity index (χ3n) is 2.18. The summed E-state index contributed by atoms with van der Waals surface area (Å²) in [5, 5.41) is 0.423. The maximum Gasteiger partial charge on any atom is 0.202 e. The Kier molecular flexibility index (Phi) is 4.32. The maximum absolute atomic E-state index is 6.01. The van der Waals surface area contributed by atoms with Crippen LogP contribution in [0.15, 0.2) is 29.2 Å². The second kappa shape index (κ2) is 5.78. The summed E-state index contributed by atoms with van der Waals surface area (Å²) < 4.78 is 5.71. The molecule has 18 heavy (non-hydrogen) atoms. The number of rotatable bonds is 3. The first-order chi connectivity index (χ1) is 8.61. The van der Waals surface area contributed by atoms with Crippen molar-refractivity contribution in [3.63, 3.8) is 0 Å². The molecule has 3 nitrogen and oxygen atoms in total. The van der Waals surface area contributed by atoms with E-state index in [0.29, 0.717) is 11.6 Å². The molecular weight excluding hydrogens is 291 g/mol. The normalized spacial score (nSPS) is 10.4. The predicted octanol–water partition coefficient (Wildman–Crippen LogP) is 4.61. The van der Waals surface area contributed by atoms with E-state index in [4.69, 9.17) is 27.9 Å². The molecule has 6 heteroatoms. The van der Waals surface area contributed by atoms with E-state index in [1.54, 1.807) is 18.7 Å². The fraction of sp³-hybridized carbons (Fsp3) is 0.167. The molecule has 0 bridgehead atoms. The van der Waals surface area contributed by atoms with Crippen LogP contribution in [-0.2, 0) is 0 Å². The Balaban J connectivity index is 2.40. The van der Waals surface area contributed by atoms with Crippen molar-refractivity contribution in [2.45, 2.75) is 11.8 Å². The van der Waals surface area contributed by atoms with Crippen LogP contribution in [-0.4, -0.2) is 16.2 Å². The van der Waals surface area contributed by atoms with Crippen LogP contribution >= 0.6 is 35.0 Å². The molecule has 1 aromatic carbocycles. The Hall–Kier alpha value is -0.970. The van der Waals surface area contributed by atoms with Crippen molar-refractivity contribution in [3.05, 3.63) is 40.4 Å². The number of hydrogen-bond donors (Lipinski definition) is 0. The van der Waals surface area contributed by atoms with Crippen molar-refractivity contribution in [3.8, 4) is 11.5 Å². The molecule has 0 atom stereocenters. The molecule has 1 heterocycles. The number of thioether (sulfide) groups is 1. The molecule has 2 rings (SSSR count).